The maximum atomic E-state index is 10.7. The van der Waals surface area contributed by atoms with Crippen molar-refractivity contribution in [3.8, 4) is 6.07 Å². The average molecular weight is 241 g/mol. The number of carboxylic acids is 1. The lowest BCUT2D eigenvalue weighted by Crippen LogP contribution is -2.17. The highest BCUT2D eigenvalue weighted by Crippen LogP contribution is 2.30. The lowest BCUT2D eigenvalue weighted by atomic mass is 10.1. The van der Waals surface area contributed by atoms with Gasteiger partial charge in [-0.15, -0.1) is 11.3 Å². The predicted molar refractivity (Wildman–Crippen MR) is 57.2 cm³/mol. The average Bonchev–Trinajstić information content (AvgIpc) is 2.60. The summed E-state index contributed by atoms with van der Waals surface area (Å²) in [6.45, 7) is 1.65. The van der Waals surface area contributed by atoms with Crippen LogP contribution in [-0.2, 0) is 0 Å². The Morgan fingerprint density at radius 2 is 2.25 bits per heavy atom. The number of carboxylic acid groups (broad SMARTS) is 1. The first kappa shape index (κ1) is 12.6. The third kappa shape index (κ3) is 2.58. The van der Waals surface area contributed by atoms with Crippen LogP contribution in [0.25, 0.3) is 0 Å². The number of nitrogens with zero attached hydrogens (tertiary/aromatic N) is 1. The molecule has 86 valence electrons. The van der Waals surface area contributed by atoms with Crippen molar-refractivity contribution in [2.45, 2.75) is 25.6 Å². The van der Waals surface area contributed by atoms with E-state index in [2.05, 4.69) is 0 Å². The first-order valence-corrected chi connectivity index (χ1v) is 5.35. The van der Waals surface area contributed by atoms with Crippen LogP contribution in [0.3, 0.4) is 0 Å². The van der Waals surface area contributed by atoms with E-state index in [1.54, 1.807) is 13.0 Å². The molecule has 6 heteroatoms. The van der Waals surface area contributed by atoms with Gasteiger partial charge in [-0.1, -0.05) is 0 Å². The van der Waals surface area contributed by atoms with Gasteiger partial charge in [0.2, 0.25) is 0 Å². The van der Waals surface area contributed by atoms with Crippen molar-refractivity contribution >= 4 is 17.3 Å². The molecular weight excluding hydrogens is 230 g/mol. The topological polar surface area (TPSA) is 102 Å². The molecule has 2 unspecified atom stereocenters. The fraction of sp³-hybridized carbons (Fsp3) is 0.400. The van der Waals surface area contributed by atoms with Crippen LogP contribution in [0.15, 0.2) is 6.07 Å². The van der Waals surface area contributed by atoms with Crippen molar-refractivity contribution in [2.75, 3.05) is 0 Å². The van der Waals surface area contributed by atoms with Crippen molar-refractivity contribution in [1.82, 2.24) is 0 Å². The molecule has 0 bridgehead atoms. The minimum absolute atomic E-state index is 0.107. The summed E-state index contributed by atoms with van der Waals surface area (Å²) >= 11 is 0.911. The fourth-order valence-electron chi connectivity index (χ4n) is 1.28. The Balaban J connectivity index is 2.96. The quantitative estimate of drug-likeness (QED) is 0.731. The summed E-state index contributed by atoms with van der Waals surface area (Å²) in [6, 6.07) is 3.18. The molecule has 1 rings (SSSR count). The molecule has 2 atom stereocenters. The zero-order valence-electron chi connectivity index (χ0n) is 8.54. The van der Waals surface area contributed by atoms with Crippen LogP contribution in [0.4, 0.5) is 0 Å². The van der Waals surface area contributed by atoms with E-state index in [1.165, 1.54) is 6.07 Å². The number of hydrogen-bond acceptors (Lipinski definition) is 5. The molecule has 0 aliphatic carbocycles. The lowest BCUT2D eigenvalue weighted by molar-refractivity contribution is 0.0235. The Kier molecular flexibility index (Phi) is 4.01. The van der Waals surface area contributed by atoms with Crippen LogP contribution in [0.1, 0.15) is 32.6 Å². The van der Waals surface area contributed by atoms with Gasteiger partial charge < -0.3 is 15.3 Å². The third-order valence-electron chi connectivity index (χ3n) is 2.10. The second kappa shape index (κ2) is 5.07. The van der Waals surface area contributed by atoms with Gasteiger partial charge in [-0.25, -0.2) is 4.79 Å². The van der Waals surface area contributed by atoms with Crippen LogP contribution in [0, 0.1) is 18.3 Å². The van der Waals surface area contributed by atoms with Gasteiger partial charge in [-0.2, -0.15) is 5.26 Å². The Bertz CT molecular complexity index is 435. The SMILES string of the molecule is Cc1cc(C(=O)O)sc1C(O)C(O)CC#N. The van der Waals surface area contributed by atoms with Gasteiger partial charge in [0.1, 0.15) is 11.0 Å². The highest BCUT2D eigenvalue weighted by molar-refractivity contribution is 7.14. The standard InChI is InChI=1S/C10H11NO4S/c1-5-4-7(10(14)15)16-9(5)8(13)6(12)2-3-11/h4,6,8,12-13H,2H2,1H3,(H,14,15). The Labute approximate surface area is 96.2 Å². The molecule has 5 nitrogen and oxygen atoms in total. The number of thiophene rings is 1. The molecule has 3 N–H and O–H groups in total. The number of aliphatic hydroxyl groups excluding tert-OH is 2. The molecule has 0 amide bonds. The Morgan fingerprint density at radius 3 is 2.69 bits per heavy atom. The van der Waals surface area contributed by atoms with Crippen molar-refractivity contribution in [3.63, 3.8) is 0 Å². The largest absolute Gasteiger partial charge is 0.477 e. The molecule has 0 saturated carbocycles. The zero-order chi connectivity index (χ0) is 12.3. The molecule has 0 aliphatic heterocycles. The Hall–Kier alpha value is -1.42. The van der Waals surface area contributed by atoms with E-state index in [0.717, 1.165) is 11.3 Å². The summed E-state index contributed by atoms with van der Waals surface area (Å²) in [5, 5.41) is 36.3. The number of aryl methyl sites for hydroxylation is 1. The second-order valence-electron chi connectivity index (χ2n) is 3.34. The number of aromatic carboxylic acids is 1. The van der Waals surface area contributed by atoms with Crippen LogP contribution in [0.5, 0.6) is 0 Å². The lowest BCUT2D eigenvalue weighted by Gasteiger charge is -2.14. The third-order valence-corrected chi connectivity index (χ3v) is 3.40. The number of aliphatic hydroxyl groups is 2. The molecule has 0 spiro atoms. The summed E-state index contributed by atoms with van der Waals surface area (Å²) in [7, 11) is 0. The first-order chi connectivity index (χ1) is 7.47. The molecule has 0 radical (unpaired) electrons. The Morgan fingerprint density at radius 1 is 1.62 bits per heavy atom. The molecule has 1 aromatic heterocycles. The summed E-state index contributed by atoms with van der Waals surface area (Å²) in [6.07, 6.45) is -2.59. The summed E-state index contributed by atoms with van der Waals surface area (Å²) in [4.78, 5) is 11.2. The van der Waals surface area contributed by atoms with Crippen molar-refractivity contribution in [3.05, 3.63) is 21.4 Å². The molecule has 0 fully saturated rings. The molecule has 0 aliphatic rings. The number of hydrogen-bond donors (Lipinski definition) is 3. The van der Waals surface area contributed by atoms with E-state index in [-0.39, 0.29) is 11.3 Å². The van der Waals surface area contributed by atoms with E-state index < -0.39 is 18.2 Å². The molecule has 1 aromatic rings. The first-order valence-electron chi connectivity index (χ1n) is 4.54. The van der Waals surface area contributed by atoms with E-state index in [1.807, 2.05) is 0 Å². The molecule has 0 aromatic carbocycles. The number of rotatable bonds is 4. The minimum atomic E-state index is -1.21. The predicted octanol–water partition coefficient (Wildman–Crippen LogP) is 1.06. The second-order valence-corrected chi connectivity index (χ2v) is 4.42. The highest BCUT2D eigenvalue weighted by Gasteiger charge is 2.23. The molecule has 1 heterocycles. The van der Waals surface area contributed by atoms with Crippen molar-refractivity contribution in [1.29, 1.82) is 5.26 Å². The van der Waals surface area contributed by atoms with Gasteiger partial charge in [-0.3, -0.25) is 0 Å². The van der Waals surface area contributed by atoms with Gasteiger partial charge in [0.15, 0.2) is 0 Å². The number of nitriles is 1. The van der Waals surface area contributed by atoms with Crippen LogP contribution < -0.4 is 0 Å². The maximum absolute atomic E-state index is 10.7. The molecular formula is C10H11NO4S. The van der Waals surface area contributed by atoms with E-state index >= 15 is 0 Å². The van der Waals surface area contributed by atoms with Crippen LogP contribution in [0.2, 0.25) is 0 Å². The van der Waals surface area contributed by atoms with Crippen LogP contribution in [-0.4, -0.2) is 27.4 Å². The van der Waals surface area contributed by atoms with Gasteiger partial charge in [0.25, 0.3) is 0 Å². The molecule has 0 saturated heterocycles. The van der Waals surface area contributed by atoms with E-state index in [4.69, 9.17) is 10.4 Å². The monoisotopic (exact) mass is 241 g/mol. The van der Waals surface area contributed by atoms with Gasteiger partial charge >= 0.3 is 5.97 Å². The van der Waals surface area contributed by atoms with Crippen LogP contribution >= 0.6 is 11.3 Å². The van der Waals surface area contributed by atoms with E-state index in [0.29, 0.717) is 10.4 Å². The summed E-state index contributed by atoms with van der Waals surface area (Å²) in [5.41, 5.74) is 0.604. The summed E-state index contributed by atoms with van der Waals surface area (Å²) < 4.78 is 0. The van der Waals surface area contributed by atoms with E-state index in [9.17, 15) is 15.0 Å². The maximum Gasteiger partial charge on any atom is 0.345 e. The molecule has 16 heavy (non-hydrogen) atoms. The van der Waals surface area contributed by atoms with Crippen molar-refractivity contribution < 1.29 is 20.1 Å². The van der Waals surface area contributed by atoms with Gasteiger partial charge in [0, 0.05) is 4.88 Å². The summed E-state index contributed by atoms with van der Waals surface area (Å²) in [5.74, 6) is -1.07. The minimum Gasteiger partial charge on any atom is -0.477 e. The normalized spacial score (nSPS) is 14.1. The smallest absolute Gasteiger partial charge is 0.345 e. The van der Waals surface area contributed by atoms with Crippen molar-refractivity contribution in [2.24, 2.45) is 0 Å². The van der Waals surface area contributed by atoms with Gasteiger partial charge in [0.05, 0.1) is 18.6 Å². The number of carbonyl (C=O) groups is 1. The highest BCUT2D eigenvalue weighted by atomic mass is 32.1. The fourth-order valence-corrected chi connectivity index (χ4v) is 2.33. The van der Waals surface area contributed by atoms with Gasteiger partial charge in [-0.05, 0) is 18.6 Å². The zero-order valence-corrected chi connectivity index (χ0v) is 9.36.